The molecule has 53 heavy (non-hydrogen) atoms. The average Bonchev–Trinajstić information content (AvgIpc) is 3.77. The summed E-state index contributed by atoms with van der Waals surface area (Å²) >= 11 is 0. The van der Waals surface area contributed by atoms with Gasteiger partial charge in [0.05, 0.1) is 64.0 Å². The fourth-order valence-electron chi connectivity index (χ4n) is 7.51. The highest BCUT2D eigenvalue weighted by molar-refractivity contribution is 5.92. The Hall–Kier alpha value is -3.96. The number of carbonyl (C=O) groups excluding carboxylic acids is 2. The molecule has 284 valence electrons. The van der Waals surface area contributed by atoms with Crippen molar-refractivity contribution < 1.29 is 47.5 Å². The van der Waals surface area contributed by atoms with E-state index < -0.39 is 11.9 Å². The van der Waals surface area contributed by atoms with Crippen LogP contribution in [-0.2, 0) is 18.9 Å². The zero-order valence-electron chi connectivity index (χ0n) is 31.0. The Labute approximate surface area is 312 Å². The lowest BCUT2D eigenvalue weighted by Gasteiger charge is -2.37. The third-order valence-corrected chi connectivity index (χ3v) is 10.6. The summed E-state index contributed by atoms with van der Waals surface area (Å²) in [6.07, 6.45) is 6.61. The first kappa shape index (κ1) is 37.4. The van der Waals surface area contributed by atoms with Crippen LogP contribution < -0.4 is 18.9 Å². The molecular weight excluding hydrogens is 676 g/mol. The predicted molar refractivity (Wildman–Crippen MR) is 198 cm³/mol. The van der Waals surface area contributed by atoms with Gasteiger partial charge in [0.2, 0.25) is 0 Å². The Bertz CT molecular complexity index is 1570. The van der Waals surface area contributed by atoms with E-state index in [4.69, 9.17) is 37.9 Å². The minimum absolute atomic E-state index is 0.170. The number of esters is 2. The molecule has 0 N–H and O–H groups in total. The van der Waals surface area contributed by atoms with Gasteiger partial charge in [-0.25, -0.2) is 9.59 Å². The first-order valence-corrected chi connectivity index (χ1v) is 19.2. The second-order valence-electron chi connectivity index (χ2n) is 15.7. The third-order valence-electron chi connectivity index (χ3n) is 10.6. The molecule has 4 aliphatic rings. The van der Waals surface area contributed by atoms with Crippen LogP contribution in [0.1, 0.15) is 102 Å². The van der Waals surface area contributed by atoms with Gasteiger partial charge in [-0.2, -0.15) is 0 Å². The average molecular weight is 729 g/mol. The van der Waals surface area contributed by atoms with E-state index in [1.165, 1.54) is 0 Å². The molecule has 2 atom stereocenters. The molecule has 0 radical (unpaired) electrons. The van der Waals surface area contributed by atoms with Crippen molar-refractivity contribution in [2.75, 3.05) is 66.1 Å². The Kier molecular flexibility index (Phi) is 12.0. The summed E-state index contributed by atoms with van der Waals surface area (Å²) in [5.41, 5.74) is 3.20. The summed E-state index contributed by atoms with van der Waals surface area (Å²) in [7, 11) is 0. The van der Waals surface area contributed by atoms with Crippen LogP contribution >= 0.6 is 0 Å². The molecular formula is C43H52O10. The van der Waals surface area contributed by atoms with Gasteiger partial charge in [-0.05, 0) is 117 Å². The molecule has 2 heterocycles. The Balaban J connectivity index is 0.865. The molecule has 3 aromatic rings. The molecule has 0 aromatic heterocycles. The zero-order valence-corrected chi connectivity index (χ0v) is 31.0. The molecule has 7 rings (SSSR count). The molecule has 2 aliphatic heterocycles. The molecule has 3 aromatic carbocycles. The van der Waals surface area contributed by atoms with E-state index in [9.17, 15) is 9.59 Å². The van der Waals surface area contributed by atoms with Crippen molar-refractivity contribution in [2.45, 2.75) is 70.6 Å². The van der Waals surface area contributed by atoms with Gasteiger partial charge >= 0.3 is 11.9 Å². The lowest BCUT2D eigenvalue weighted by atomic mass is 9.90. The molecule has 2 unspecified atom stereocenters. The van der Waals surface area contributed by atoms with E-state index in [2.05, 4.69) is 13.8 Å². The third kappa shape index (κ3) is 9.41. The Morgan fingerprint density at radius 1 is 0.585 bits per heavy atom. The summed E-state index contributed by atoms with van der Waals surface area (Å²) in [4.78, 5) is 26.5. The monoisotopic (exact) mass is 728 g/mol. The Morgan fingerprint density at radius 3 is 1.36 bits per heavy atom. The highest BCUT2D eigenvalue weighted by atomic mass is 16.5. The quantitative estimate of drug-likeness (QED) is 0.0647. The van der Waals surface area contributed by atoms with Gasteiger partial charge in [-0.3, -0.25) is 0 Å². The van der Waals surface area contributed by atoms with Crippen molar-refractivity contribution in [3.8, 4) is 23.0 Å². The highest BCUT2D eigenvalue weighted by Crippen LogP contribution is 2.58. The van der Waals surface area contributed by atoms with Gasteiger partial charge in [0.15, 0.2) is 0 Å². The molecule has 2 bridgehead atoms. The summed E-state index contributed by atoms with van der Waals surface area (Å²) < 4.78 is 45.8. The molecule has 10 nitrogen and oxygen atoms in total. The van der Waals surface area contributed by atoms with E-state index >= 15 is 0 Å². The van der Waals surface area contributed by atoms with E-state index in [1.54, 1.807) is 60.7 Å². The largest absolute Gasteiger partial charge is 0.494 e. The van der Waals surface area contributed by atoms with Crippen molar-refractivity contribution in [3.63, 3.8) is 0 Å². The normalized spacial score (nSPS) is 20.2. The van der Waals surface area contributed by atoms with Crippen molar-refractivity contribution in [3.05, 3.63) is 82.9 Å². The van der Waals surface area contributed by atoms with Crippen LogP contribution in [-0.4, -0.2) is 78.0 Å². The van der Waals surface area contributed by atoms with Gasteiger partial charge < -0.3 is 37.9 Å². The minimum Gasteiger partial charge on any atom is -0.494 e. The van der Waals surface area contributed by atoms with E-state index in [0.717, 1.165) is 95.7 Å². The van der Waals surface area contributed by atoms with Crippen LogP contribution in [0.5, 0.6) is 23.0 Å². The van der Waals surface area contributed by atoms with Gasteiger partial charge in [-0.15, -0.1) is 0 Å². The van der Waals surface area contributed by atoms with E-state index in [-0.39, 0.29) is 22.7 Å². The Morgan fingerprint density at radius 2 is 0.981 bits per heavy atom. The number of rotatable bonds is 20. The van der Waals surface area contributed by atoms with Crippen molar-refractivity contribution in [2.24, 2.45) is 10.8 Å². The van der Waals surface area contributed by atoms with Gasteiger partial charge in [0.25, 0.3) is 0 Å². The minimum atomic E-state index is -0.432. The fourth-order valence-corrected chi connectivity index (χ4v) is 7.51. The number of carbonyl (C=O) groups is 2. The lowest BCUT2D eigenvalue weighted by Crippen LogP contribution is -2.43. The fraction of sp³-hybridized carbons (Fsp3) is 0.535. The smallest absolute Gasteiger partial charge is 0.343 e. The summed E-state index contributed by atoms with van der Waals surface area (Å²) in [6.45, 7) is 11.5. The van der Waals surface area contributed by atoms with E-state index in [1.807, 2.05) is 0 Å². The molecule has 2 saturated heterocycles. The van der Waals surface area contributed by atoms with Crippen LogP contribution in [0.25, 0.3) is 0 Å². The molecule has 10 heteroatoms. The van der Waals surface area contributed by atoms with Gasteiger partial charge in [0.1, 0.15) is 23.0 Å². The summed E-state index contributed by atoms with van der Waals surface area (Å²) in [6, 6.07) is 17.6. The number of ether oxygens (including phenoxy) is 8. The van der Waals surface area contributed by atoms with Crippen LogP contribution in [0.2, 0.25) is 0 Å². The number of hydrogen-bond donors (Lipinski definition) is 0. The van der Waals surface area contributed by atoms with Crippen molar-refractivity contribution in [1.29, 1.82) is 0 Å². The van der Waals surface area contributed by atoms with Crippen molar-refractivity contribution >= 4 is 11.9 Å². The second kappa shape index (κ2) is 17.0. The predicted octanol–water partition coefficient (Wildman–Crippen LogP) is 7.91. The number of unbranched alkanes of at least 4 members (excludes halogenated alkanes) is 2. The van der Waals surface area contributed by atoms with Gasteiger partial charge in [0, 0.05) is 35.2 Å². The maximum atomic E-state index is 13.2. The second-order valence-corrected chi connectivity index (χ2v) is 15.7. The summed E-state index contributed by atoms with van der Waals surface area (Å²) in [5.74, 6) is 2.16. The SMILES string of the molecule is CC1(COCCCCOc2ccc(C(=O)Oc3ccc(OC(=O)c4ccc(OCCCCOCC5(C)COC5)cc4)c4c3C3CCC4C3)cc2)COC1. The maximum absolute atomic E-state index is 13.2. The molecule has 2 aliphatic carbocycles. The number of benzene rings is 3. The standard InChI is InChI=1S/C43H52O10/c1-42(26-48-27-42)24-46-19-3-5-21-50-34-13-9-30(10-14-34)40(44)52-36-17-18-37(39-33-8-7-32(23-33)38(36)39)53-41(45)31-11-15-35(16-12-31)51-22-6-4-20-47-25-43(2)28-49-29-43/h9-18,32-33H,3-8,19-29H2,1-2H3. The topological polar surface area (TPSA) is 108 Å². The number of fused-ring (bicyclic) bond motifs is 5. The molecule has 1 saturated carbocycles. The van der Waals surface area contributed by atoms with Gasteiger partial charge in [-0.1, -0.05) is 13.8 Å². The first-order valence-electron chi connectivity index (χ1n) is 19.2. The van der Waals surface area contributed by atoms with Crippen LogP contribution in [0.15, 0.2) is 60.7 Å². The van der Waals surface area contributed by atoms with Crippen LogP contribution in [0, 0.1) is 10.8 Å². The lowest BCUT2D eigenvalue weighted by molar-refractivity contribution is -0.138. The van der Waals surface area contributed by atoms with Crippen LogP contribution in [0.3, 0.4) is 0 Å². The summed E-state index contributed by atoms with van der Waals surface area (Å²) in [5, 5.41) is 0. The molecule has 3 fully saturated rings. The maximum Gasteiger partial charge on any atom is 0.343 e. The zero-order chi connectivity index (χ0) is 36.7. The number of hydrogen-bond acceptors (Lipinski definition) is 10. The van der Waals surface area contributed by atoms with E-state index in [0.29, 0.717) is 60.6 Å². The highest BCUT2D eigenvalue weighted by Gasteiger charge is 2.42. The molecule has 0 spiro atoms. The first-order chi connectivity index (χ1) is 25.8. The van der Waals surface area contributed by atoms with Crippen LogP contribution in [0.4, 0.5) is 0 Å². The molecule has 0 amide bonds. The van der Waals surface area contributed by atoms with Crippen molar-refractivity contribution in [1.82, 2.24) is 0 Å².